The number of fused-ring (bicyclic) bond motifs is 2. The molecule has 4 aliphatic rings. The van der Waals surface area contributed by atoms with Crippen molar-refractivity contribution >= 4 is 29.1 Å². The quantitative estimate of drug-likeness (QED) is 0.0372. The molecule has 0 unspecified atom stereocenters. The Balaban J connectivity index is 1.38. The van der Waals surface area contributed by atoms with Crippen LogP contribution in [0.5, 0.6) is 17.2 Å². The Labute approximate surface area is 350 Å². The lowest BCUT2D eigenvalue weighted by atomic mass is 9.55. The summed E-state index contributed by atoms with van der Waals surface area (Å²) in [5.41, 5.74) is 3.32. The van der Waals surface area contributed by atoms with Crippen molar-refractivity contribution in [1.82, 2.24) is 4.90 Å². The molecule has 3 aromatic rings. The lowest BCUT2D eigenvalue weighted by Crippen LogP contribution is -2.69. The number of rotatable bonds is 20. The second kappa shape index (κ2) is 19.1. The molecule has 6 atom stereocenters. The third kappa shape index (κ3) is 9.23. The van der Waals surface area contributed by atoms with E-state index in [1.807, 2.05) is 49.7 Å². The van der Waals surface area contributed by atoms with Gasteiger partial charge in [0.15, 0.2) is 0 Å². The molecular formula is C46H55N3O9S. The summed E-state index contributed by atoms with van der Waals surface area (Å²) < 4.78 is 20.7. The van der Waals surface area contributed by atoms with E-state index in [9.17, 15) is 25.1 Å². The number of non-ortho nitro benzene ring substituents is 1. The van der Waals surface area contributed by atoms with Crippen molar-refractivity contribution in [3.63, 3.8) is 0 Å². The van der Waals surface area contributed by atoms with Gasteiger partial charge in [0.25, 0.3) is 5.69 Å². The number of unbranched alkanes of at least 4 members (excludes halogenated alkanes) is 2. The Bertz CT molecular complexity index is 2020. The number of allylic oxidation sites excluding steroid dienone is 1. The summed E-state index contributed by atoms with van der Waals surface area (Å²) >= 11 is 1.67. The van der Waals surface area contributed by atoms with Crippen LogP contribution in [0.4, 0.5) is 5.69 Å². The number of hydrogen-bond acceptors (Lipinski definition) is 11. The number of likely N-dealkylation sites (N-methyl/N-ethyl adjacent to an activating group) is 1. The van der Waals surface area contributed by atoms with E-state index in [2.05, 4.69) is 18.7 Å². The van der Waals surface area contributed by atoms with Gasteiger partial charge in [-0.25, -0.2) is 0 Å². The molecule has 12 nitrogen and oxygen atoms in total. The van der Waals surface area contributed by atoms with Gasteiger partial charge in [0.1, 0.15) is 29.9 Å². The molecular weight excluding hydrogens is 771 g/mol. The van der Waals surface area contributed by atoms with Gasteiger partial charge in [0.05, 0.1) is 23.2 Å². The van der Waals surface area contributed by atoms with Crippen LogP contribution in [0.1, 0.15) is 74.8 Å². The highest BCUT2D eigenvalue weighted by Crippen LogP contribution is 2.62. The molecule has 1 aliphatic heterocycles. The molecule has 1 amide bonds. The molecule has 0 bridgehead atoms. The average molecular weight is 826 g/mol. The highest BCUT2D eigenvalue weighted by molar-refractivity contribution is 7.98. The topological polar surface area (TPSA) is 153 Å². The number of carbonyl (C=O) groups excluding carboxylic acids is 1. The molecule has 2 N–H and O–H groups in total. The van der Waals surface area contributed by atoms with Crippen molar-refractivity contribution in [3.8, 4) is 17.2 Å². The van der Waals surface area contributed by atoms with Crippen LogP contribution in [0.15, 0.2) is 101 Å². The summed E-state index contributed by atoms with van der Waals surface area (Å²) in [4.78, 5) is 34.0. The molecule has 3 aliphatic carbocycles. The predicted molar refractivity (Wildman–Crippen MR) is 227 cm³/mol. The first-order valence-electron chi connectivity index (χ1n) is 20.7. The molecule has 0 aromatic heterocycles. The number of ether oxygens (including phenoxy) is 3. The number of oxime groups is 1. The number of nitro benzene ring substituents is 1. The van der Waals surface area contributed by atoms with E-state index >= 15 is 0 Å². The Kier molecular flexibility index (Phi) is 13.8. The van der Waals surface area contributed by atoms with Crippen molar-refractivity contribution in [2.24, 2.45) is 28.8 Å². The molecule has 13 heteroatoms. The number of thioether (sulfide) groups is 1. The van der Waals surface area contributed by atoms with Crippen molar-refractivity contribution in [2.45, 2.75) is 87.0 Å². The number of hydrogen-bond donors (Lipinski definition) is 2. The maximum atomic E-state index is 14.1. The molecule has 7 rings (SSSR count). The fourth-order valence-corrected chi connectivity index (χ4v) is 9.65. The summed E-state index contributed by atoms with van der Waals surface area (Å²) in [6.45, 7) is 4.46. The Hall–Kier alpha value is -4.69. The number of nitrogens with zero attached hydrogens (tertiary/aromatic N) is 3. The van der Waals surface area contributed by atoms with Gasteiger partial charge in [-0.3, -0.25) is 14.9 Å². The van der Waals surface area contributed by atoms with Crippen LogP contribution in [0.25, 0.3) is 0 Å². The molecule has 1 heterocycles. The van der Waals surface area contributed by atoms with Gasteiger partial charge in [-0.1, -0.05) is 30.1 Å². The smallest absolute Gasteiger partial charge is 0.269 e. The summed E-state index contributed by atoms with van der Waals surface area (Å²) in [5.74, 6) is 0.225. The second-order valence-electron chi connectivity index (χ2n) is 16.0. The molecule has 59 heavy (non-hydrogen) atoms. The van der Waals surface area contributed by atoms with Crippen LogP contribution < -0.4 is 9.47 Å². The van der Waals surface area contributed by atoms with Crippen LogP contribution in [0, 0.1) is 33.8 Å². The number of carbonyl (C=O) groups is 1. The first-order valence-corrected chi connectivity index (χ1v) is 22.0. The average Bonchev–Trinajstić information content (AvgIpc) is 4.10. The zero-order valence-corrected chi connectivity index (χ0v) is 34.7. The van der Waals surface area contributed by atoms with Crippen LogP contribution >= 0.6 is 11.8 Å². The zero-order valence-electron chi connectivity index (χ0n) is 33.9. The highest BCUT2D eigenvalue weighted by Gasteiger charge is 2.65. The van der Waals surface area contributed by atoms with E-state index in [0.717, 1.165) is 60.1 Å². The first-order chi connectivity index (χ1) is 28.7. The number of aliphatic hydroxyl groups excluding tert-OH is 2. The van der Waals surface area contributed by atoms with E-state index in [1.165, 1.54) is 12.1 Å². The van der Waals surface area contributed by atoms with Gasteiger partial charge >= 0.3 is 0 Å². The number of amides is 1. The van der Waals surface area contributed by atoms with Gasteiger partial charge in [-0.05, 0) is 122 Å². The van der Waals surface area contributed by atoms with E-state index in [1.54, 1.807) is 34.9 Å². The van der Waals surface area contributed by atoms with Gasteiger partial charge in [0, 0.05) is 61.1 Å². The molecule has 314 valence electrons. The van der Waals surface area contributed by atoms with E-state index < -0.39 is 22.7 Å². The predicted octanol–water partition coefficient (Wildman–Crippen LogP) is 8.81. The largest absolute Gasteiger partial charge is 0.459 e. The summed E-state index contributed by atoms with van der Waals surface area (Å²) in [6.07, 6.45) is 12.6. The fourth-order valence-electron chi connectivity index (χ4n) is 9.24. The van der Waals surface area contributed by atoms with Crippen molar-refractivity contribution < 1.29 is 39.0 Å². The van der Waals surface area contributed by atoms with Crippen LogP contribution in [-0.2, 0) is 21.0 Å². The monoisotopic (exact) mass is 825 g/mol. The van der Waals surface area contributed by atoms with Crippen LogP contribution in [0.2, 0.25) is 0 Å². The Morgan fingerprint density at radius 3 is 2.41 bits per heavy atom. The number of nitro groups is 1. The van der Waals surface area contributed by atoms with Crippen molar-refractivity contribution in [1.29, 1.82) is 0 Å². The molecule has 2 fully saturated rings. The molecule has 2 saturated carbocycles. The lowest BCUT2D eigenvalue weighted by molar-refractivity contribution is -0.384. The minimum absolute atomic E-state index is 0.00626. The Morgan fingerprint density at radius 1 is 1.03 bits per heavy atom. The number of aliphatic hydroxyl groups is 2. The normalized spacial score (nSPS) is 24.9. The fraction of sp³-hybridized carbons (Fsp3) is 0.478. The second-order valence-corrected chi connectivity index (χ2v) is 16.9. The highest BCUT2D eigenvalue weighted by atomic mass is 32.2. The Morgan fingerprint density at radius 2 is 1.75 bits per heavy atom. The minimum Gasteiger partial charge on any atom is -0.459 e. The molecule has 0 radical (unpaired) electrons. The maximum absolute atomic E-state index is 14.1. The van der Waals surface area contributed by atoms with E-state index in [4.69, 9.17) is 24.2 Å². The third-order valence-electron chi connectivity index (χ3n) is 12.2. The van der Waals surface area contributed by atoms with Gasteiger partial charge < -0.3 is 34.2 Å². The van der Waals surface area contributed by atoms with Gasteiger partial charge in [-0.15, -0.1) is 18.3 Å². The van der Waals surface area contributed by atoms with E-state index in [0.29, 0.717) is 42.2 Å². The van der Waals surface area contributed by atoms with Crippen molar-refractivity contribution in [3.05, 3.63) is 112 Å². The van der Waals surface area contributed by atoms with Crippen LogP contribution in [-0.4, -0.2) is 76.6 Å². The van der Waals surface area contributed by atoms with Gasteiger partial charge in [-0.2, -0.15) is 0 Å². The molecule has 0 spiro atoms. The molecule has 3 aromatic carbocycles. The lowest BCUT2D eigenvalue weighted by Gasteiger charge is -2.59. The van der Waals surface area contributed by atoms with Crippen LogP contribution in [0.3, 0.4) is 0 Å². The standard InChI is InChI=1S/C46H55N3O9S/c1-4-25-55-46-42(48(2)45(52)31-13-14-31)28-40(47-56-29-30-11-15-33(16-12-30)49(53)54)38-26-32(9-5-7-23-50)37(10-6-8-24-51)43(44(38)46)39-27-35(19-22-41(39)58-46)57-34-17-20-36(59-3)21-18-34/h4,11-12,15-22,26-27,31-32,37,42-44,50-51H,1,5-10,13-14,23-25,28-29H2,2-3H3/t32-,37+,42-,43+,44+,46+/m0/s1. The SMILES string of the molecule is C=CCO[C@@]12Oc3ccc(Oc4ccc(SC)cc4)cc3[C@H]3[C@H](CCCCO)[C@@H](CCCCO)C=C(C(=NOCc4ccc([N+](=O)[O-])cc4)C[C@@H]1N(C)C(=O)C1CC1)[C@H]32. The summed E-state index contributed by atoms with van der Waals surface area (Å²) in [6, 6.07) is 19.6. The summed E-state index contributed by atoms with van der Waals surface area (Å²) in [7, 11) is 1.83. The zero-order chi connectivity index (χ0) is 41.5. The number of benzene rings is 3. The van der Waals surface area contributed by atoms with E-state index in [-0.39, 0.29) is 61.7 Å². The minimum atomic E-state index is -1.32. The maximum Gasteiger partial charge on any atom is 0.269 e. The third-order valence-corrected chi connectivity index (χ3v) is 13.0. The van der Waals surface area contributed by atoms with Crippen molar-refractivity contribution in [2.75, 3.05) is 33.1 Å². The first kappa shape index (κ1) is 42.4. The van der Waals surface area contributed by atoms with Gasteiger partial charge in [0.2, 0.25) is 11.7 Å². The summed E-state index contributed by atoms with van der Waals surface area (Å²) in [5, 5.41) is 35.9. The molecule has 0 saturated heterocycles.